The SMILES string of the molecule is CCc1cccc2c1C=CC(CC)(C(=O)[O-])C2C(=O)[O-]. The predicted octanol–water partition coefficient (Wildman–Crippen LogP) is 0.256. The van der Waals surface area contributed by atoms with Crippen LogP contribution in [0.3, 0.4) is 0 Å². The van der Waals surface area contributed by atoms with E-state index in [1.54, 1.807) is 25.1 Å². The molecule has 0 amide bonds. The lowest BCUT2D eigenvalue weighted by Crippen LogP contribution is -2.51. The van der Waals surface area contributed by atoms with Gasteiger partial charge in [-0.3, -0.25) is 0 Å². The Morgan fingerprint density at radius 3 is 2.45 bits per heavy atom. The van der Waals surface area contributed by atoms with Crippen LogP contribution in [0, 0.1) is 5.41 Å². The summed E-state index contributed by atoms with van der Waals surface area (Å²) in [5, 5.41) is 23.1. The van der Waals surface area contributed by atoms with Crippen molar-refractivity contribution in [2.75, 3.05) is 0 Å². The first-order valence-corrected chi connectivity index (χ1v) is 6.71. The van der Waals surface area contributed by atoms with Gasteiger partial charge in [0.05, 0.1) is 11.9 Å². The minimum atomic E-state index is -1.54. The lowest BCUT2D eigenvalue weighted by Gasteiger charge is -2.43. The quantitative estimate of drug-likeness (QED) is 0.787. The van der Waals surface area contributed by atoms with E-state index in [9.17, 15) is 19.8 Å². The fraction of sp³-hybridized carbons (Fsp3) is 0.375. The van der Waals surface area contributed by atoms with E-state index in [1.807, 2.05) is 13.0 Å². The average Bonchev–Trinajstić information content (AvgIpc) is 2.44. The first-order valence-electron chi connectivity index (χ1n) is 6.71. The summed E-state index contributed by atoms with van der Waals surface area (Å²) < 4.78 is 0. The van der Waals surface area contributed by atoms with Gasteiger partial charge in [0, 0.05) is 11.3 Å². The lowest BCUT2D eigenvalue weighted by atomic mass is 9.65. The summed E-state index contributed by atoms with van der Waals surface area (Å²) >= 11 is 0. The van der Waals surface area contributed by atoms with Crippen molar-refractivity contribution >= 4 is 18.0 Å². The normalized spacial score (nSPS) is 24.2. The van der Waals surface area contributed by atoms with E-state index in [0.717, 1.165) is 17.5 Å². The van der Waals surface area contributed by atoms with Gasteiger partial charge in [-0.2, -0.15) is 0 Å². The molecule has 106 valence electrons. The van der Waals surface area contributed by atoms with Crippen LogP contribution in [0.2, 0.25) is 0 Å². The van der Waals surface area contributed by atoms with E-state index in [2.05, 4.69) is 0 Å². The molecule has 0 heterocycles. The van der Waals surface area contributed by atoms with Crippen LogP contribution in [-0.4, -0.2) is 11.9 Å². The van der Waals surface area contributed by atoms with Crippen LogP contribution in [0.25, 0.3) is 6.08 Å². The number of carboxylic acids is 2. The van der Waals surface area contributed by atoms with Gasteiger partial charge in [0.25, 0.3) is 0 Å². The van der Waals surface area contributed by atoms with Crippen molar-refractivity contribution in [2.45, 2.75) is 32.6 Å². The molecule has 1 aromatic carbocycles. The van der Waals surface area contributed by atoms with E-state index in [4.69, 9.17) is 0 Å². The highest BCUT2D eigenvalue weighted by Crippen LogP contribution is 2.46. The monoisotopic (exact) mass is 272 g/mol. The second-order valence-electron chi connectivity index (χ2n) is 5.04. The van der Waals surface area contributed by atoms with Crippen LogP contribution < -0.4 is 10.2 Å². The molecule has 4 nitrogen and oxygen atoms in total. The molecule has 0 saturated heterocycles. The number of fused-ring (bicyclic) bond motifs is 1. The Morgan fingerprint density at radius 1 is 1.25 bits per heavy atom. The molecule has 0 saturated carbocycles. The van der Waals surface area contributed by atoms with Crippen LogP contribution in [0.15, 0.2) is 24.3 Å². The number of carbonyl (C=O) groups is 2. The number of hydrogen-bond donors (Lipinski definition) is 0. The second-order valence-corrected chi connectivity index (χ2v) is 5.04. The molecule has 0 radical (unpaired) electrons. The van der Waals surface area contributed by atoms with E-state index in [-0.39, 0.29) is 6.42 Å². The minimum absolute atomic E-state index is 0.139. The molecule has 0 fully saturated rings. The molecule has 1 aliphatic carbocycles. The van der Waals surface area contributed by atoms with Crippen molar-refractivity contribution in [3.05, 3.63) is 41.0 Å². The van der Waals surface area contributed by atoms with Gasteiger partial charge in [-0.1, -0.05) is 44.2 Å². The summed E-state index contributed by atoms with van der Waals surface area (Å²) in [6.07, 6.45) is 4.04. The minimum Gasteiger partial charge on any atom is -0.549 e. The molecular weight excluding hydrogens is 256 g/mol. The standard InChI is InChI=1S/C16H18O4/c1-3-10-6-5-7-12-11(10)8-9-16(4-2,15(19)20)13(12)14(17)18/h5-9,13H,3-4H2,1-2H3,(H,17,18)(H,19,20)/p-2. The maximum absolute atomic E-state index is 11.6. The topological polar surface area (TPSA) is 80.3 Å². The van der Waals surface area contributed by atoms with Crippen LogP contribution in [0.5, 0.6) is 0 Å². The highest BCUT2D eigenvalue weighted by molar-refractivity contribution is 5.91. The number of aryl methyl sites for hydroxylation is 1. The van der Waals surface area contributed by atoms with Crippen molar-refractivity contribution in [3.63, 3.8) is 0 Å². The van der Waals surface area contributed by atoms with Crippen molar-refractivity contribution in [1.82, 2.24) is 0 Å². The predicted molar refractivity (Wildman–Crippen MR) is 70.3 cm³/mol. The third-order valence-corrected chi connectivity index (χ3v) is 4.19. The first kappa shape index (κ1) is 14.3. The second kappa shape index (κ2) is 5.12. The molecule has 1 aliphatic rings. The van der Waals surface area contributed by atoms with Crippen LogP contribution in [-0.2, 0) is 16.0 Å². The Morgan fingerprint density at radius 2 is 1.95 bits per heavy atom. The summed E-state index contributed by atoms with van der Waals surface area (Å²) in [6, 6.07) is 5.32. The van der Waals surface area contributed by atoms with Gasteiger partial charge >= 0.3 is 0 Å². The Labute approximate surface area is 117 Å². The molecule has 0 N–H and O–H groups in total. The molecule has 0 aromatic heterocycles. The maximum Gasteiger partial charge on any atom is 0.0524 e. The molecule has 2 unspecified atom stereocenters. The molecule has 20 heavy (non-hydrogen) atoms. The summed E-state index contributed by atoms with van der Waals surface area (Å²) in [5.41, 5.74) is 0.735. The molecule has 2 atom stereocenters. The highest BCUT2D eigenvalue weighted by atomic mass is 16.4. The fourth-order valence-corrected chi connectivity index (χ4v) is 2.99. The Bertz CT molecular complexity index is 588. The number of carbonyl (C=O) groups excluding carboxylic acids is 2. The molecule has 0 spiro atoms. The van der Waals surface area contributed by atoms with Gasteiger partial charge < -0.3 is 19.8 Å². The van der Waals surface area contributed by atoms with Crippen molar-refractivity contribution in [2.24, 2.45) is 5.41 Å². The number of rotatable bonds is 4. The Hall–Kier alpha value is -2.10. The molecular formula is C16H16O4-2. The number of aliphatic carboxylic acids is 2. The van der Waals surface area contributed by atoms with Gasteiger partial charge in [0.1, 0.15) is 0 Å². The van der Waals surface area contributed by atoms with Gasteiger partial charge in [0.15, 0.2) is 0 Å². The first-order chi connectivity index (χ1) is 9.47. The van der Waals surface area contributed by atoms with E-state index >= 15 is 0 Å². The number of hydrogen-bond acceptors (Lipinski definition) is 4. The summed E-state index contributed by atoms with van der Waals surface area (Å²) in [6.45, 7) is 3.61. The molecule has 4 heteroatoms. The molecule has 0 aliphatic heterocycles. The zero-order chi connectivity index (χ0) is 14.9. The summed E-state index contributed by atoms with van der Waals surface area (Å²) in [4.78, 5) is 23.1. The van der Waals surface area contributed by atoms with E-state index in [0.29, 0.717) is 5.56 Å². The van der Waals surface area contributed by atoms with Gasteiger partial charge in [-0.25, -0.2) is 0 Å². The van der Waals surface area contributed by atoms with Gasteiger partial charge in [-0.15, -0.1) is 0 Å². The third kappa shape index (κ3) is 1.92. The van der Waals surface area contributed by atoms with E-state index < -0.39 is 23.3 Å². The van der Waals surface area contributed by atoms with Crippen molar-refractivity contribution in [1.29, 1.82) is 0 Å². The number of carboxylic acid groups (broad SMARTS) is 2. The Balaban J connectivity index is 2.72. The average molecular weight is 272 g/mol. The molecule has 1 aromatic rings. The lowest BCUT2D eigenvalue weighted by molar-refractivity contribution is -0.328. The largest absolute Gasteiger partial charge is 0.549 e. The van der Waals surface area contributed by atoms with Crippen LogP contribution in [0.4, 0.5) is 0 Å². The molecule has 0 bridgehead atoms. The van der Waals surface area contributed by atoms with Gasteiger partial charge in [0.2, 0.25) is 0 Å². The van der Waals surface area contributed by atoms with Crippen LogP contribution >= 0.6 is 0 Å². The van der Waals surface area contributed by atoms with E-state index in [1.165, 1.54) is 6.08 Å². The van der Waals surface area contributed by atoms with Crippen molar-refractivity contribution < 1.29 is 19.8 Å². The third-order valence-electron chi connectivity index (χ3n) is 4.19. The van der Waals surface area contributed by atoms with Gasteiger partial charge in [-0.05, 0) is 29.5 Å². The Kier molecular flexibility index (Phi) is 3.66. The zero-order valence-electron chi connectivity index (χ0n) is 11.5. The summed E-state index contributed by atoms with van der Waals surface area (Å²) in [5.74, 6) is -3.98. The smallest absolute Gasteiger partial charge is 0.0524 e. The van der Waals surface area contributed by atoms with Crippen LogP contribution in [0.1, 0.15) is 42.9 Å². The highest BCUT2D eigenvalue weighted by Gasteiger charge is 2.41. The summed E-state index contributed by atoms with van der Waals surface area (Å²) in [7, 11) is 0. The fourth-order valence-electron chi connectivity index (χ4n) is 2.99. The van der Waals surface area contributed by atoms with Crippen molar-refractivity contribution in [3.8, 4) is 0 Å². The molecule has 2 rings (SSSR count). The maximum atomic E-state index is 11.6. The number of benzene rings is 1. The zero-order valence-corrected chi connectivity index (χ0v) is 11.5.